The van der Waals surface area contributed by atoms with Gasteiger partial charge in [-0.1, -0.05) is 55.4 Å². The van der Waals surface area contributed by atoms with Gasteiger partial charge in [0, 0.05) is 12.7 Å². The fraction of sp³-hybridized carbons (Fsp3) is 0.360. The molecule has 0 spiro atoms. The number of thioether (sulfide) groups is 1. The number of amides is 2. The highest BCUT2D eigenvalue weighted by atomic mass is 35.5. The number of aryl methyl sites for hydroxylation is 2. The molecule has 0 fully saturated rings. The first-order chi connectivity index (χ1) is 16.1. The minimum atomic E-state index is -0.347. The van der Waals surface area contributed by atoms with Crippen molar-refractivity contribution in [3.8, 4) is 0 Å². The van der Waals surface area contributed by atoms with Gasteiger partial charge in [-0.05, 0) is 61.6 Å². The summed E-state index contributed by atoms with van der Waals surface area (Å²) in [5.74, 6) is 0.755. The van der Waals surface area contributed by atoms with Crippen LogP contribution in [0, 0.1) is 19.8 Å². The fourth-order valence-corrected chi connectivity index (χ4v) is 4.65. The van der Waals surface area contributed by atoms with E-state index in [1.54, 1.807) is 24.3 Å². The molecule has 3 aromatic rings. The van der Waals surface area contributed by atoms with Crippen molar-refractivity contribution < 1.29 is 9.59 Å². The molecule has 0 aliphatic rings. The van der Waals surface area contributed by atoms with Crippen LogP contribution in [0.15, 0.2) is 47.6 Å². The monoisotopic (exact) mass is 499 g/mol. The molecule has 0 aliphatic carbocycles. The summed E-state index contributed by atoms with van der Waals surface area (Å²) < 4.78 is 1.83. The highest BCUT2D eigenvalue weighted by Gasteiger charge is 2.24. The molecule has 1 atom stereocenters. The SMILES string of the molecule is Cc1cc(C)cc(NC(=O)CSc2nnc([C@@H](CC(C)C)NC(=O)c3ccccc3Cl)n2C)c1. The van der Waals surface area contributed by atoms with Crippen LogP contribution in [0.25, 0.3) is 0 Å². The molecule has 180 valence electrons. The molecular formula is C25H30ClN5O2S. The van der Waals surface area contributed by atoms with E-state index in [2.05, 4.69) is 40.7 Å². The maximum atomic E-state index is 12.9. The van der Waals surface area contributed by atoms with Crippen molar-refractivity contribution in [3.63, 3.8) is 0 Å². The lowest BCUT2D eigenvalue weighted by Crippen LogP contribution is -2.31. The summed E-state index contributed by atoms with van der Waals surface area (Å²) in [6, 6.07) is 12.5. The maximum Gasteiger partial charge on any atom is 0.253 e. The van der Waals surface area contributed by atoms with Crippen molar-refractivity contribution in [1.29, 1.82) is 0 Å². The molecule has 2 N–H and O–H groups in total. The summed E-state index contributed by atoms with van der Waals surface area (Å²) in [7, 11) is 1.84. The van der Waals surface area contributed by atoms with E-state index in [1.165, 1.54) is 11.8 Å². The van der Waals surface area contributed by atoms with Crippen LogP contribution >= 0.6 is 23.4 Å². The van der Waals surface area contributed by atoms with Crippen LogP contribution in [-0.2, 0) is 11.8 Å². The fourth-order valence-electron chi connectivity index (χ4n) is 3.71. The van der Waals surface area contributed by atoms with E-state index in [-0.39, 0.29) is 23.6 Å². The number of hydrogen-bond donors (Lipinski definition) is 2. The zero-order valence-corrected chi connectivity index (χ0v) is 21.6. The number of carbonyl (C=O) groups excluding carboxylic acids is 2. The smallest absolute Gasteiger partial charge is 0.253 e. The number of aromatic nitrogens is 3. The molecule has 34 heavy (non-hydrogen) atoms. The quantitative estimate of drug-likeness (QED) is 0.388. The van der Waals surface area contributed by atoms with Crippen molar-refractivity contribution in [2.24, 2.45) is 13.0 Å². The van der Waals surface area contributed by atoms with Crippen LogP contribution in [0.1, 0.15) is 53.6 Å². The number of anilines is 1. The Kier molecular flexibility index (Phi) is 8.74. The Morgan fingerprint density at radius 3 is 2.41 bits per heavy atom. The Balaban J connectivity index is 1.69. The summed E-state index contributed by atoms with van der Waals surface area (Å²) in [6.07, 6.45) is 0.681. The van der Waals surface area contributed by atoms with Gasteiger partial charge in [0.25, 0.3) is 5.91 Å². The van der Waals surface area contributed by atoms with Crippen molar-refractivity contribution in [2.45, 2.75) is 45.3 Å². The van der Waals surface area contributed by atoms with Crippen LogP contribution in [-0.4, -0.2) is 32.3 Å². The third kappa shape index (κ3) is 6.84. The molecule has 0 aliphatic heterocycles. The van der Waals surface area contributed by atoms with Crippen molar-refractivity contribution in [3.05, 3.63) is 70.0 Å². The van der Waals surface area contributed by atoms with Crippen molar-refractivity contribution in [2.75, 3.05) is 11.1 Å². The molecule has 3 rings (SSSR count). The first kappa shape index (κ1) is 25.8. The van der Waals surface area contributed by atoms with Gasteiger partial charge in [-0.3, -0.25) is 9.59 Å². The third-order valence-electron chi connectivity index (χ3n) is 5.15. The van der Waals surface area contributed by atoms with Crippen molar-refractivity contribution >= 4 is 40.9 Å². The molecule has 0 unspecified atom stereocenters. The zero-order chi connectivity index (χ0) is 24.8. The summed E-state index contributed by atoms with van der Waals surface area (Å²) in [5, 5.41) is 15.6. The Hall–Kier alpha value is -2.84. The molecule has 1 aromatic heterocycles. The summed E-state index contributed by atoms with van der Waals surface area (Å²) in [6.45, 7) is 8.16. The number of halogens is 1. The molecule has 0 saturated heterocycles. The van der Waals surface area contributed by atoms with Gasteiger partial charge >= 0.3 is 0 Å². The second kappa shape index (κ2) is 11.5. The lowest BCUT2D eigenvalue weighted by Gasteiger charge is -2.20. The van der Waals surface area contributed by atoms with Gasteiger partial charge in [-0.25, -0.2) is 0 Å². The van der Waals surface area contributed by atoms with E-state index >= 15 is 0 Å². The number of hydrogen-bond acceptors (Lipinski definition) is 5. The van der Waals surface area contributed by atoms with Crippen LogP contribution < -0.4 is 10.6 Å². The minimum absolute atomic E-state index is 0.120. The third-order valence-corrected chi connectivity index (χ3v) is 6.50. The normalized spacial score (nSPS) is 12.0. The summed E-state index contributed by atoms with van der Waals surface area (Å²) >= 11 is 7.50. The molecule has 1 heterocycles. The molecular weight excluding hydrogens is 470 g/mol. The van der Waals surface area contributed by atoms with Gasteiger partial charge < -0.3 is 15.2 Å². The average Bonchev–Trinajstić information content (AvgIpc) is 3.11. The van der Waals surface area contributed by atoms with E-state index in [9.17, 15) is 9.59 Å². The van der Waals surface area contributed by atoms with E-state index in [0.717, 1.165) is 16.8 Å². The van der Waals surface area contributed by atoms with Gasteiger partial charge in [0.2, 0.25) is 5.91 Å². The highest BCUT2D eigenvalue weighted by molar-refractivity contribution is 7.99. The molecule has 0 saturated carbocycles. The predicted octanol–water partition coefficient (Wildman–Crippen LogP) is 5.33. The zero-order valence-electron chi connectivity index (χ0n) is 20.1. The summed E-state index contributed by atoms with van der Waals surface area (Å²) in [5.41, 5.74) is 3.38. The lowest BCUT2D eigenvalue weighted by atomic mass is 10.0. The first-order valence-electron chi connectivity index (χ1n) is 11.1. The minimum Gasteiger partial charge on any atom is -0.342 e. The second-order valence-corrected chi connectivity index (χ2v) is 10.1. The number of rotatable bonds is 9. The standard InChI is InChI=1S/C25H30ClN5O2S/c1-15(2)10-21(28-24(33)19-8-6-7-9-20(19)26)23-29-30-25(31(23)5)34-14-22(32)27-18-12-16(3)11-17(4)13-18/h6-9,11-13,15,21H,10,14H2,1-5H3,(H,27,32)(H,28,33)/t21-/m1/s1. The number of carbonyl (C=O) groups is 2. The molecule has 2 aromatic carbocycles. The van der Waals surface area contributed by atoms with Crippen LogP contribution in [0.5, 0.6) is 0 Å². The van der Waals surface area contributed by atoms with Crippen LogP contribution in [0.4, 0.5) is 5.69 Å². The Bertz CT molecular complexity index is 1160. The first-order valence-corrected chi connectivity index (χ1v) is 12.5. The van der Waals surface area contributed by atoms with Gasteiger partial charge in [0.15, 0.2) is 11.0 Å². The lowest BCUT2D eigenvalue weighted by molar-refractivity contribution is -0.113. The molecule has 7 nitrogen and oxygen atoms in total. The van der Waals surface area contributed by atoms with Gasteiger partial charge in [-0.2, -0.15) is 0 Å². The highest BCUT2D eigenvalue weighted by Crippen LogP contribution is 2.25. The Morgan fingerprint density at radius 2 is 1.76 bits per heavy atom. The predicted molar refractivity (Wildman–Crippen MR) is 137 cm³/mol. The van der Waals surface area contributed by atoms with Gasteiger partial charge in [0.05, 0.1) is 22.4 Å². The van der Waals surface area contributed by atoms with Crippen molar-refractivity contribution in [1.82, 2.24) is 20.1 Å². The number of nitrogens with zero attached hydrogens (tertiary/aromatic N) is 3. The second-order valence-electron chi connectivity index (χ2n) is 8.75. The van der Waals surface area contributed by atoms with Crippen LogP contribution in [0.2, 0.25) is 5.02 Å². The van der Waals surface area contributed by atoms with Crippen LogP contribution in [0.3, 0.4) is 0 Å². The number of nitrogens with one attached hydrogen (secondary N) is 2. The molecule has 0 radical (unpaired) electrons. The van der Waals surface area contributed by atoms with Gasteiger partial charge in [-0.15, -0.1) is 10.2 Å². The van der Waals surface area contributed by atoms with E-state index in [1.807, 2.05) is 37.6 Å². The van der Waals surface area contributed by atoms with Gasteiger partial charge in [0.1, 0.15) is 0 Å². The Morgan fingerprint density at radius 1 is 1.09 bits per heavy atom. The van der Waals surface area contributed by atoms with E-state index < -0.39 is 0 Å². The average molecular weight is 500 g/mol. The number of benzene rings is 2. The molecule has 2 amide bonds. The topological polar surface area (TPSA) is 88.9 Å². The summed E-state index contributed by atoms with van der Waals surface area (Å²) in [4.78, 5) is 25.4. The maximum absolute atomic E-state index is 12.9. The van der Waals surface area contributed by atoms with E-state index in [4.69, 9.17) is 11.6 Å². The molecule has 0 bridgehead atoms. The molecule has 9 heteroatoms. The largest absolute Gasteiger partial charge is 0.342 e. The Labute approximate surface area is 209 Å². The van der Waals surface area contributed by atoms with E-state index in [0.29, 0.717) is 33.9 Å².